The summed E-state index contributed by atoms with van der Waals surface area (Å²) in [5, 5.41) is 12.8. The zero-order chi connectivity index (χ0) is 14.3. The highest BCUT2D eigenvalue weighted by molar-refractivity contribution is 9.10. The van der Waals surface area contributed by atoms with Gasteiger partial charge in [0.15, 0.2) is 0 Å². The summed E-state index contributed by atoms with van der Waals surface area (Å²) in [4.78, 5) is 2.61. The van der Waals surface area contributed by atoms with Gasteiger partial charge in [0.2, 0.25) is 0 Å². The second kappa shape index (κ2) is 8.04. The summed E-state index contributed by atoms with van der Waals surface area (Å²) in [5.74, 6) is 0.896. The highest BCUT2D eigenvalue weighted by Gasteiger charge is 2.06. The lowest BCUT2D eigenvalue weighted by atomic mass is 10.1. The van der Waals surface area contributed by atoms with Crippen LogP contribution >= 0.6 is 15.9 Å². The van der Waals surface area contributed by atoms with Gasteiger partial charge in [-0.05, 0) is 55.5 Å². The molecule has 0 spiro atoms. The summed E-state index contributed by atoms with van der Waals surface area (Å²) >= 11 is 3.44. The second-order valence-corrected chi connectivity index (χ2v) is 5.34. The van der Waals surface area contributed by atoms with Crippen LogP contribution in [0.1, 0.15) is 24.0 Å². The third-order valence-corrected chi connectivity index (χ3v) is 3.17. The smallest absolute Gasteiger partial charge is 0.125 e. The monoisotopic (exact) mass is 327 g/mol. The molecule has 104 valence electrons. The lowest BCUT2D eigenvalue weighted by Crippen LogP contribution is -2.12. The topological polar surface area (TPSA) is 78.2 Å². The van der Waals surface area contributed by atoms with E-state index in [1.807, 2.05) is 26.0 Å². The number of aliphatic hydroxyl groups excluding tert-OH is 1. The van der Waals surface area contributed by atoms with Crippen molar-refractivity contribution < 1.29 is 9.84 Å². The Bertz CT molecular complexity index is 450. The number of aryl methyl sites for hydroxylation is 2. The van der Waals surface area contributed by atoms with E-state index in [0.29, 0.717) is 13.0 Å². The van der Waals surface area contributed by atoms with Crippen molar-refractivity contribution in [3.8, 4) is 5.75 Å². The normalized spacial score (nSPS) is 11.8. The van der Waals surface area contributed by atoms with Gasteiger partial charge in [0.1, 0.15) is 5.75 Å². The molecule has 1 atom stereocenters. The molecule has 1 rings (SSSR count). The first-order chi connectivity index (χ1) is 9.04. The lowest BCUT2D eigenvalue weighted by molar-refractivity contribution is 0.160. The van der Waals surface area contributed by atoms with Gasteiger partial charge in [-0.3, -0.25) is 0 Å². The van der Waals surface area contributed by atoms with Crippen LogP contribution in [0.5, 0.6) is 5.75 Å². The van der Waals surface area contributed by atoms with Gasteiger partial charge in [-0.1, -0.05) is 21.0 Å². The Morgan fingerprint density at radius 3 is 2.63 bits per heavy atom. The largest absolute Gasteiger partial charge is 0.493 e. The van der Waals surface area contributed by atoms with Crippen LogP contribution in [0.2, 0.25) is 0 Å². The van der Waals surface area contributed by atoms with E-state index < -0.39 is 6.10 Å². The summed E-state index contributed by atoms with van der Waals surface area (Å²) in [6.07, 6.45) is 0.691. The fraction of sp³-hybridized carbons (Fsp3) is 0.538. The number of benzene rings is 1. The molecule has 6 heteroatoms. The van der Waals surface area contributed by atoms with Gasteiger partial charge in [-0.15, -0.1) is 0 Å². The highest BCUT2D eigenvalue weighted by Crippen LogP contribution is 2.27. The SMILES string of the molecule is Cc1cc(Br)cc(C)c1OCCCC(O)CN=[N+]=[N-]. The summed E-state index contributed by atoms with van der Waals surface area (Å²) in [5.41, 5.74) is 10.3. The van der Waals surface area contributed by atoms with Crippen molar-refractivity contribution in [2.24, 2.45) is 5.11 Å². The summed E-state index contributed by atoms with van der Waals surface area (Å²) < 4.78 is 6.78. The van der Waals surface area contributed by atoms with Crippen LogP contribution in [0.4, 0.5) is 0 Å². The number of nitrogens with zero attached hydrogens (tertiary/aromatic N) is 3. The maximum atomic E-state index is 9.50. The van der Waals surface area contributed by atoms with Crippen molar-refractivity contribution in [1.29, 1.82) is 0 Å². The molecule has 0 bridgehead atoms. The first-order valence-electron chi connectivity index (χ1n) is 6.13. The average molecular weight is 328 g/mol. The number of hydrogen-bond donors (Lipinski definition) is 1. The van der Waals surface area contributed by atoms with Gasteiger partial charge >= 0.3 is 0 Å². The van der Waals surface area contributed by atoms with E-state index in [0.717, 1.165) is 27.8 Å². The van der Waals surface area contributed by atoms with Crippen LogP contribution in [-0.4, -0.2) is 24.4 Å². The van der Waals surface area contributed by atoms with Crippen molar-refractivity contribution in [3.63, 3.8) is 0 Å². The molecule has 0 aliphatic carbocycles. The Balaban J connectivity index is 2.39. The van der Waals surface area contributed by atoms with Crippen molar-refractivity contribution in [3.05, 3.63) is 38.2 Å². The van der Waals surface area contributed by atoms with E-state index in [1.54, 1.807) is 0 Å². The molecule has 1 aromatic carbocycles. The number of aliphatic hydroxyl groups is 1. The standard InChI is InChI=1S/C13H18BrN3O2/c1-9-6-11(14)7-10(2)13(9)19-5-3-4-12(18)8-16-17-15/h6-7,12,18H,3-5,8H2,1-2H3. The van der Waals surface area contributed by atoms with Crippen LogP contribution in [0.15, 0.2) is 21.7 Å². The molecule has 0 aliphatic heterocycles. The molecule has 0 heterocycles. The van der Waals surface area contributed by atoms with E-state index in [1.165, 1.54) is 0 Å². The third kappa shape index (κ3) is 5.51. The molecule has 5 nitrogen and oxygen atoms in total. The van der Waals surface area contributed by atoms with E-state index in [2.05, 4.69) is 26.0 Å². The van der Waals surface area contributed by atoms with Gasteiger partial charge < -0.3 is 9.84 Å². The summed E-state index contributed by atoms with van der Waals surface area (Å²) in [6, 6.07) is 4.03. The molecule has 0 amide bonds. The maximum Gasteiger partial charge on any atom is 0.125 e. The number of hydrogen-bond acceptors (Lipinski definition) is 3. The molecule has 0 aliphatic rings. The summed E-state index contributed by atoms with van der Waals surface area (Å²) in [7, 11) is 0. The van der Waals surface area contributed by atoms with Crippen molar-refractivity contribution in [2.75, 3.05) is 13.2 Å². The minimum absolute atomic E-state index is 0.118. The Labute approximate surface area is 121 Å². The number of azide groups is 1. The molecule has 0 radical (unpaired) electrons. The molecule has 0 aromatic heterocycles. The molecule has 1 aromatic rings. The fourth-order valence-electron chi connectivity index (χ4n) is 1.84. The Morgan fingerprint density at radius 2 is 2.05 bits per heavy atom. The minimum atomic E-state index is -0.591. The van der Waals surface area contributed by atoms with Gasteiger partial charge in [0.05, 0.1) is 19.3 Å². The molecule has 19 heavy (non-hydrogen) atoms. The van der Waals surface area contributed by atoms with E-state index >= 15 is 0 Å². The molecule has 0 saturated heterocycles. The Morgan fingerprint density at radius 1 is 1.42 bits per heavy atom. The predicted octanol–water partition coefficient (Wildman–Crippen LogP) is 3.90. The van der Waals surface area contributed by atoms with Crippen molar-refractivity contribution in [1.82, 2.24) is 0 Å². The average Bonchev–Trinajstić information content (AvgIpc) is 2.34. The quantitative estimate of drug-likeness (QED) is 0.357. The van der Waals surface area contributed by atoms with Gasteiger partial charge in [-0.2, -0.15) is 0 Å². The molecular formula is C13H18BrN3O2. The van der Waals surface area contributed by atoms with Gasteiger partial charge in [-0.25, -0.2) is 0 Å². The van der Waals surface area contributed by atoms with Gasteiger partial charge in [0.25, 0.3) is 0 Å². The first kappa shape index (κ1) is 15.8. The van der Waals surface area contributed by atoms with Gasteiger partial charge in [0, 0.05) is 9.38 Å². The molecule has 1 unspecified atom stereocenters. The zero-order valence-corrected chi connectivity index (χ0v) is 12.7. The Kier molecular flexibility index (Phi) is 6.70. The van der Waals surface area contributed by atoms with Crippen molar-refractivity contribution in [2.45, 2.75) is 32.8 Å². The zero-order valence-electron chi connectivity index (χ0n) is 11.1. The molecule has 0 saturated carbocycles. The molecule has 0 fully saturated rings. The van der Waals surface area contributed by atoms with Crippen LogP contribution in [0, 0.1) is 13.8 Å². The van der Waals surface area contributed by atoms with Crippen LogP contribution in [0.3, 0.4) is 0 Å². The number of rotatable bonds is 7. The van der Waals surface area contributed by atoms with Crippen LogP contribution in [0.25, 0.3) is 10.4 Å². The number of halogens is 1. The molecule has 1 N–H and O–H groups in total. The first-order valence-corrected chi connectivity index (χ1v) is 6.92. The summed E-state index contributed by atoms with van der Waals surface area (Å²) in [6.45, 7) is 4.66. The predicted molar refractivity (Wildman–Crippen MR) is 78.4 cm³/mol. The number of ether oxygens (including phenoxy) is 1. The Hall–Kier alpha value is -1.23. The minimum Gasteiger partial charge on any atom is -0.493 e. The lowest BCUT2D eigenvalue weighted by Gasteiger charge is -2.13. The molecular weight excluding hydrogens is 310 g/mol. The van der Waals surface area contributed by atoms with Crippen molar-refractivity contribution >= 4 is 15.9 Å². The van der Waals surface area contributed by atoms with Crippen LogP contribution in [-0.2, 0) is 0 Å². The van der Waals surface area contributed by atoms with Crippen LogP contribution < -0.4 is 4.74 Å². The van der Waals surface area contributed by atoms with E-state index in [-0.39, 0.29) is 6.54 Å². The van der Waals surface area contributed by atoms with E-state index in [4.69, 9.17) is 10.3 Å². The third-order valence-electron chi connectivity index (χ3n) is 2.71. The highest BCUT2D eigenvalue weighted by atomic mass is 79.9. The van der Waals surface area contributed by atoms with E-state index in [9.17, 15) is 5.11 Å². The second-order valence-electron chi connectivity index (χ2n) is 4.43. The fourth-order valence-corrected chi connectivity index (χ4v) is 2.53. The maximum absolute atomic E-state index is 9.50.